The van der Waals surface area contributed by atoms with E-state index < -0.39 is 5.97 Å². The first-order valence-electron chi connectivity index (χ1n) is 7.17. The molecule has 116 valence electrons. The molecule has 1 amide bonds. The van der Waals surface area contributed by atoms with Gasteiger partial charge in [-0.3, -0.25) is 4.79 Å². The van der Waals surface area contributed by atoms with E-state index in [0.29, 0.717) is 29.3 Å². The Morgan fingerprint density at radius 3 is 2.57 bits per heavy atom. The van der Waals surface area contributed by atoms with E-state index >= 15 is 0 Å². The Kier molecular flexibility index (Phi) is 4.37. The smallest absolute Gasteiger partial charge is 0.352 e. The van der Waals surface area contributed by atoms with Crippen molar-refractivity contribution < 1.29 is 14.7 Å². The highest BCUT2D eigenvalue weighted by Gasteiger charge is 2.27. The lowest BCUT2D eigenvalue weighted by molar-refractivity contribution is 0.0690. The molecular formula is C15H23N3O3. The molecule has 0 aromatic carbocycles. The molecule has 2 heterocycles. The number of aromatic carboxylic acids is 1. The number of aromatic nitrogens is 1. The molecule has 0 radical (unpaired) electrons. The number of carbonyl (C=O) groups is 2. The van der Waals surface area contributed by atoms with Crippen LogP contribution in [0.2, 0.25) is 0 Å². The molecule has 2 rings (SSSR count). The molecule has 1 aliphatic rings. The van der Waals surface area contributed by atoms with Crippen LogP contribution in [0.1, 0.15) is 38.5 Å². The van der Waals surface area contributed by atoms with Gasteiger partial charge in [0.05, 0.1) is 5.56 Å². The molecule has 0 aliphatic carbocycles. The van der Waals surface area contributed by atoms with Crippen LogP contribution in [0.4, 0.5) is 0 Å². The number of hydrogen-bond donors (Lipinski definition) is 2. The summed E-state index contributed by atoms with van der Waals surface area (Å²) in [6, 6.07) is 0. The number of hydrogen-bond acceptors (Lipinski definition) is 3. The Morgan fingerprint density at radius 1 is 1.43 bits per heavy atom. The van der Waals surface area contributed by atoms with Crippen LogP contribution >= 0.6 is 0 Å². The molecule has 2 N–H and O–H groups in total. The molecule has 1 aromatic heterocycles. The van der Waals surface area contributed by atoms with Crippen LogP contribution in [-0.2, 0) is 0 Å². The van der Waals surface area contributed by atoms with Gasteiger partial charge in [-0.2, -0.15) is 0 Å². The van der Waals surface area contributed by atoms with E-state index in [2.05, 4.69) is 16.9 Å². The van der Waals surface area contributed by atoms with Crippen molar-refractivity contribution >= 4 is 11.9 Å². The number of nitrogens with one attached hydrogen (secondary N) is 1. The minimum absolute atomic E-state index is 0.102. The number of aromatic amines is 1. The second-order valence-corrected chi connectivity index (χ2v) is 6.03. The molecule has 21 heavy (non-hydrogen) atoms. The van der Waals surface area contributed by atoms with Gasteiger partial charge in [0.15, 0.2) is 0 Å². The first-order chi connectivity index (χ1) is 9.81. The minimum atomic E-state index is -1.03. The summed E-state index contributed by atoms with van der Waals surface area (Å²) in [7, 11) is 3.87. The summed E-state index contributed by atoms with van der Waals surface area (Å²) < 4.78 is 0. The third kappa shape index (κ3) is 3.10. The fourth-order valence-electron chi connectivity index (χ4n) is 3.12. The quantitative estimate of drug-likeness (QED) is 0.878. The van der Waals surface area contributed by atoms with Crippen LogP contribution < -0.4 is 0 Å². The highest BCUT2D eigenvalue weighted by molar-refractivity contribution is 6.00. The monoisotopic (exact) mass is 293 g/mol. The van der Waals surface area contributed by atoms with Crippen LogP contribution in [0.5, 0.6) is 0 Å². The number of carboxylic acids is 1. The Hall–Kier alpha value is -1.82. The number of carboxylic acid groups (broad SMARTS) is 1. The summed E-state index contributed by atoms with van der Waals surface area (Å²) >= 11 is 0. The van der Waals surface area contributed by atoms with Crippen molar-refractivity contribution in [1.82, 2.24) is 14.8 Å². The van der Waals surface area contributed by atoms with Gasteiger partial charge in [0.25, 0.3) is 5.91 Å². The Morgan fingerprint density at radius 2 is 2.10 bits per heavy atom. The zero-order valence-corrected chi connectivity index (χ0v) is 13.1. The number of carbonyl (C=O) groups excluding carboxylic acids is 1. The van der Waals surface area contributed by atoms with Gasteiger partial charge in [-0.25, -0.2) is 4.79 Å². The Labute approximate surface area is 124 Å². The fourth-order valence-corrected chi connectivity index (χ4v) is 3.12. The molecule has 0 saturated carbocycles. The van der Waals surface area contributed by atoms with Gasteiger partial charge in [-0.1, -0.05) is 0 Å². The van der Waals surface area contributed by atoms with Crippen LogP contribution in [0.3, 0.4) is 0 Å². The molecule has 0 bridgehead atoms. The molecule has 1 atom stereocenters. The van der Waals surface area contributed by atoms with Crippen molar-refractivity contribution in [3.63, 3.8) is 0 Å². The third-order valence-electron chi connectivity index (χ3n) is 4.23. The zero-order chi connectivity index (χ0) is 15.7. The number of rotatable bonds is 4. The standard InChI is InChI=1S/C15H23N3O3/c1-9-12(10(2)16-13(9)15(20)21)14(19)18(4)8-11-5-6-17(3)7-11/h11,16H,5-8H2,1-4H3,(H,20,21). The second-order valence-electron chi connectivity index (χ2n) is 6.03. The molecule has 6 heteroatoms. The van der Waals surface area contributed by atoms with Crippen molar-refractivity contribution in [3.05, 3.63) is 22.5 Å². The summed E-state index contributed by atoms with van der Waals surface area (Å²) in [4.78, 5) is 30.5. The number of likely N-dealkylation sites (tertiary alicyclic amines) is 1. The van der Waals surface area contributed by atoms with Gasteiger partial charge in [0, 0.05) is 25.8 Å². The zero-order valence-electron chi connectivity index (χ0n) is 13.1. The van der Waals surface area contributed by atoms with E-state index in [0.717, 1.165) is 19.5 Å². The van der Waals surface area contributed by atoms with Crippen molar-refractivity contribution in [1.29, 1.82) is 0 Å². The molecular weight excluding hydrogens is 270 g/mol. The largest absolute Gasteiger partial charge is 0.477 e. The molecule has 6 nitrogen and oxygen atoms in total. The van der Waals surface area contributed by atoms with E-state index in [9.17, 15) is 9.59 Å². The molecule has 1 aliphatic heterocycles. The minimum Gasteiger partial charge on any atom is -0.477 e. The van der Waals surface area contributed by atoms with Crippen LogP contribution in [-0.4, -0.2) is 65.5 Å². The van der Waals surface area contributed by atoms with Crippen molar-refractivity contribution in [2.45, 2.75) is 20.3 Å². The van der Waals surface area contributed by atoms with Gasteiger partial charge in [0.1, 0.15) is 5.69 Å². The highest BCUT2D eigenvalue weighted by Crippen LogP contribution is 2.21. The lowest BCUT2D eigenvalue weighted by atomic mass is 10.1. The predicted octanol–water partition coefficient (Wildman–Crippen LogP) is 1.35. The number of nitrogens with zero attached hydrogens (tertiary/aromatic N) is 2. The highest BCUT2D eigenvalue weighted by atomic mass is 16.4. The molecule has 0 spiro atoms. The lowest BCUT2D eigenvalue weighted by Gasteiger charge is -2.21. The predicted molar refractivity (Wildman–Crippen MR) is 79.8 cm³/mol. The van der Waals surface area contributed by atoms with Crippen molar-refractivity contribution in [2.75, 3.05) is 33.7 Å². The maximum atomic E-state index is 12.6. The summed E-state index contributed by atoms with van der Waals surface area (Å²) in [6.45, 7) is 6.19. The normalized spacial score (nSPS) is 19.0. The maximum Gasteiger partial charge on any atom is 0.352 e. The molecule has 1 saturated heterocycles. The molecule has 1 fully saturated rings. The SMILES string of the molecule is Cc1[nH]c(C(=O)O)c(C)c1C(=O)N(C)CC1CCN(C)C1. The maximum absolute atomic E-state index is 12.6. The van der Waals surface area contributed by atoms with Crippen LogP contribution in [0.25, 0.3) is 0 Å². The summed E-state index contributed by atoms with van der Waals surface area (Å²) in [5, 5.41) is 9.12. The van der Waals surface area contributed by atoms with Gasteiger partial charge in [-0.05, 0) is 45.3 Å². The van der Waals surface area contributed by atoms with Gasteiger partial charge in [-0.15, -0.1) is 0 Å². The summed E-state index contributed by atoms with van der Waals surface area (Å²) in [5.41, 5.74) is 1.72. The van der Waals surface area contributed by atoms with E-state index in [-0.39, 0.29) is 11.6 Å². The summed E-state index contributed by atoms with van der Waals surface area (Å²) in [5.74, 6) is -0.652. The Balaban J connectivity index is 2.14. The van der Waals surface area contributed by atoms with Crippen LogP contribution in [0.15, 0.2) is 0 Å². The number of amides is 1. The van der Waals surface area contributed by atoms with E-state index in [1.165, 1.54) is 0 Å². The first-order valence-corrected chi connectivity index (χ1v) is 7.17. The second kappa shape index (κ2) is 5.89. The van der Waals surface area contributed by atoms with E-state index in [4.69, 9.17) is 5.11 Å². The molecule has 1 aromatic rings. The Bertz CT molecular complexity index is 565. The fraction of sp³-hybridized carbons (Fsp3) is 0.600. The summed E-state index contributed by atoms with van der Waals surface area (Å²) in [6.07, 6.45) is 1.10. The first kappa shape index (κ1) is 15.6. The number of H-pyrrole nitrogens is 1. The third-order valence-corrected chi connectivity index (χ3v) is 4.23. The van der Waals surface area contributed by atoms with Gasteiger partial charge >= 0.3 is 5.97 Å². The van der Waals surface area contributed by atoms with Crippen LogP contribution in [0, 0.1) is 19.8 Å². The van der Waals surface area contributed by atoms with Gasteiger partial charge in [0.2, 0.25) is 0 Å². The average Bonchev–Trinajstić information content (AvgIpc) is 2.92. The van der Waals surface area contributed by atoms with E-state index in [1.807, 2.05) is 0 Å². The van der Waals surface area contributed by atoms with Gasteiger partial charge < -0.3 is 19.9 Å². The number of aryl methyl sites for hydroxylation is 1. The van der Waals surface area contributed by atoms with E-state index in [1.54, 1.807) is 25.8 Å². The molecule has 1 unspecified atom stereocenters. The van der Waals surface area contributed by atoms with Crippen molar-refractivity contribution in [3.8, 4) is 0 Å². The lowest BCUT2D eigenvalue weighted by Crippen LogP contribution is -2.33. The topological polar surface area (TPSA) is 76.6 Å². The van der Waals surface area contributed by atoms with Crippen molar-refractivity contribution in [2.24, 2.45) is 5.92 Å². The average molecular weight is 293 g/mol.